The number of hydrogen-bond donors (Lipinski definition) is 3. The zero-order valence-electron chi connectivity index (χ0n) is 14.4. The quantitative estimate of drug-likeness (QED) is 0.508. The number of aliphatic hydroxyl groups is 1. The van der Waals surface area contributed by atoms with E-state index in [0.717, 1.165) is 17.2 Å². The molecular weight excluding hydrogens is 379 g/mol. The van der Waals surface area contributed by atoms with E-state index >= 15 is 0 Å². The summed E-state index contributed by atoms with van der Waals surface area (Å²) in [5.41, 5.74) is 1.70. The molecule has 5 nitrogen and oxygen atoms in total. The molecule has 2 rings (SSSR count). The lowest BCUT2D eigenvalue weighted by Gasteiger charge is -2.16. The van der Waals surface area contributed by atoms with E-state index in [1.54, 1.807) is 29.5 Å². The molecule has 1 aromatic heterocycles. The van der Waals surface area contributed by atoms with Gasteiger partial charge in [0, 0.05) is 28.0 Å². The van der Waals surface area contributed by atoms with Gasteiger partial charge in [-0.05, 0) is 44.5 Å². The molecule has 3 N–H and O–H groups in total. The number of nitrogens with zero attached hydrogens (tertiary/aromatic N) is 2. The van der Waals surface area contributed by atoms with Crippen LogP contribution in [-0.2, 0) is 6.54 Å². The van der Waals surface area contributed by atoms with Crippen molar-refractivity contribution in [3.8, 4) is 0 Å². The molecule has 25 heavy (non-hydrogen) atoms. The Balaban J connectivity index is 1.99. The summed E-state index contributed by atoms with van der Waals surface area (Å²) in [6.45, 7) is 7.54. The maximum Gasteiger partial charge on any atom is 0.191 e. The molecule has 136 valence electrons. The number of aliphatic hydroxyl groups excluding tert-OH is 1. The average molecular weight is 401 g/mol. The third-order valence-electron chi connectivity index (χ3n) is 3.52. The van der Waals surface area contributed by atoms with Crippen LogP contribution in [0, 0.1) is 13.8 Å². The summed E-state index contributed by atoms with van der Waals surface area (Å²) >= 11 is 13.6. The minimum Gasteiger partial charge on any atom is -0.387 e. The fourth-order valence-corrected chi connectivity index (χ4v) is 3.58. The largest absolute Gasteiger partial charge is 0.387 e. The van der Waals surface area contributed by atoms with Gasteiger partial charge in [0.2, 0.25) is 0 Å². The van der Waals surface area contributed by atoms with E-state index in [9.17, 15) is 5.11 Å². The topological polar surface area (TPSA) is 69.5 Å². The zero-order chi connectivity index (χ0) is 18.4. The van der Waals surface area contributed by atoms with Crippen LogP contribution in [0.25, 0.3) is 0 Å². The Bertz CT molecular complexity index is 708. The third-order valence-corrected chi connectivity index (χ3v) is 5.02. The van der Waals surface area contributed by atoms with Crippen molar-refractivity contribution in [3.05, 3.63) is 49.4 Å². The van der Waals surface area contributed by atoms with Crippen molar-refractivity contribution in [2.45, 2.75) is 33.4 Å². The van der Waals surface area contributed by atoms with Crippen molar-refractivity contribution in [2.75, 3.05) is 13.1 Å². The maximum absolute atomic E-state index is 10.3. The van der Waals surface area contributed by atoms with Gasteiger partial charge in [-0.2, -0.15) is 0 Å². The molecule has 0 fully saturated rings. The number of rotatable bonds is 6. The lowest BCUT2D eigenvalue weighted by Crippen LogP contribution is -2.39. The average Bonchev–Trinajstić information content (AvgIpc) is 2.87. The molecule has 1 unspecified atom stereocenters. The Hall–Kier alpha value is -1.34. The molecule has 0 aliphatic rings. The fraction of sp³-hybridized carbons (Fsp3) is 0.412. The van der Waals surface area contributed by atoms with Crippen LogP contribution in [0.3, 0.4) is 0 Å². The lowest BCUT2D eigenvalue weighted by atomic mass is 10.1. The van der Waals surface area contributed by atoms with E-state index in [-0.39, 0.29) is 0 Å². The number of hydrogen-bond acceptors (Lipinski definition) is 4. The standard InChI is InChI=1S/C17H22Cl2N4OS/c1-4-20-17(22-9-16-23-10(2)11(3)25-16)21-8-15(24)12-5-13(18)7-14(19)6-12/h5-7,15,24H,4,8-9H2,1-3H3,(H2,20,21,22). The van der Waals surface area contributed by atoms with Crippen LogP contribution in [-0.4, -0.2) is 29.1 Å². The number of nitrogens with one attached hydrogen (secondary N) is 2. The van der Waals surface area contributed by atoms with Gasteiger partial charge in [-0.1, -0.05) is 23.2 Å². The number of aromatic nitrogens is 1. The highest BCUT2D eigenvalue weighted by atomic mass is 35.5. The molecule has 8 heteroatoms. The van der Waals surface area contributed by atoms with Crippen LogP contribution >= 0.6 is 34.5 Å². The van der Waals surface area contributed by atoms with Gasteiger partial charge in [0.15, 0.2) is 5.96 Å². The Labute approximate surface area is 162 Å². The summed E-state index contributed by atoms with van der Waals surface area (Å²) < 4.78 is 0. The number of aryl methyl sites for hydroxylation is 2. The van der Waals surface area contributed by atoms with Crippen molar-refractivity contribution in [1.82, 2.24) is 15.6 Å². The normalized spacial score (nSPS) is 13.0. The molecule has 0 saturated carbocycles. The van der Waals surface area contributed by atoms with Crippen LogP contribution in [0.4, 0.5) is 0 Å². The Morgan fingerprint density at radius 2 is 1.92 bits per heavy atom. The first kappa shape index (κ1) is 20.0. The van der Waals surface area contributed by atoms with E-state index in [1.165, 1.54) is 4.88 Å². The van der Waals surface area contributed by atoms with E-state index in [1.807, 2.05) is 13.8 Å². The first-order valence-corrected chi connectivity index (χ1v) is 9.55. The molecule has 1 heterocycles. The van der Waals surface area contributed by atoms with Gasteiger partial charge in [-0.3, -0.25) is 0 Å². The van der Waals surface area contributed by atoms with Crippen LogP contribution in [0.5, 0.6) is 0 Å². The van der Waals surface area contributed by atoms with Gasteiger partial charge in [0.05, 0.1) is 18.3 Å². The van der Waals surface area contributed by atoms with E-state index in [2.05, 4.69) is 27.5 Å². The van der Waals surface area contributed by atoms with Crippen LogP contribution < -0.4 is 10.6 Å². The van der Waals surface area contributed by atoms with E-state index in [4.69, 9.17) is 23.2 Å². The molecule has 0 radical (unpaired) electrons. The lowest BCUT2D eigenvalue weighted by molar-refractivity contribution is 0.181. The van der Waals surface area contributed by atoms with Gasteiger partial charge in [-0.15, -0.1) is 11.3 Å². The molecule has 1 aromatic carbocycles. The van der Waals surface area contributed by atoms with Crippen molar-refractivity contribution >= 4 is 40.5 Å². The van der Waals surface area contributed by atoms with Gasteiger partial charge in [0.25, 0.3) is 0 Å². The minimum atomic E-state index is -0.746. The van der Waals surface area contributed by atoms with Gasteiger partial charge >= 0.3 is 0 Å². The molecule has 0 saturated heterocycles. The van der Waals surface area contributed by atoms with Crippen molar-refractivity contribution < 1.29 is 5.11 Å². The second kappa shape index (κ2) is 9.38. The molecule has 0 aliphatic carbocycles. The number of benzene rings is 1. The summed E-state index contributed by atoms with van der Waals surface area (Å²) in [7, 11) is 0. The highest BCUT2D eigenvalue weighted by molar-refractivity contribution is 7.11. The zero-order valence-corrected chi connectivity index (χ0v) is 16.8. The number of halogens is 2. The highest BCUT2D eigenvalue weighted by Gasteiger charge is 2.11. The molecule has 0 aliphatic heterocycles. The van der Waals surface area contributed by atoms with Gasteiger partial charge in [0.1, 0.15) is 5.01 Å². The van der Waals surface area contributed by atoms with E-state index in [0.29, 0.717) is 34.7 Å². The molecule has 2 aromatic rings. The van der Waals surface area contributed by atoms with E-state index < -0.39 is 6.10 Å². The SMILES string of the molecule is CCNC(=NCc1nc(C)c(C)s1)NCC(O)c1cc(Cl)cc(Cl)c1. The number of guanidine groups is 1. The van der Waals surface area contributed by atoms with Crippen molar-refractivity contribution in [1.29, 1.82) is 0 Å². The predicted octanol–water partition coefficient (Wildman–Crippen LogP) is 3.86. The second-order valence-electron chi connectivity index (χ2n) is 5.54. The summed E-state index contributed by atoms with van der Waals surface area (Å²) in [5, 5.41) is 18.6. The molecule has 0 amide bonds. The molecule has 1 atom stereocenters. The van der Waals surface area contributed by atoms with Gasteiger partial charge in [-0.25, -0.2) is 9.98 Å². The summed E-state index contributed by atoms with van der Waals surface area (Å²) in [5.74, 6) is 0.625. The molecule has 0 bridgehead atoms. The van der Waals surface area contributed by atoms with Crippen molar-refractivity contribution in [3.63, 3.8) is 0 Å². The van der Waals surface area contributed by atoms with Crippen LogP contribution in [0.15, 0.2) is 23.2 Å². The third kappa shape index (κ3) is 6.15. The highest BCUT2D eigenvalue weighted by Crippen LogP contribution is 2.23. The van der Waals surface area contributed by atoms with Gasteiger partial charge < -0.3 is 15.7 Å². The monoisotopic (exact) mass is 400 g/mol. The van der Waals surface area contributed by atoms with Crippen molar-refractivity contribution in [2.24, 2.45) is 4.99 Å². The number of thiazole rings is 1. The van der Waals surface area contributed by atoms with Crippen LogP contribution in [0.1, 0.15) is 34.2 Å². The van der Waals surface area contributed by atoms with Crippen LogP contribution in [0.2, 0.25) is 10.0 Å². The fourth-order valence-electron chi connectivity index (χ4n) is 2.17. The molecular formula is C17H22Cl2N4OS. The summed E-state index contributed by atoms with van der Waals surface area (Å²) in [6.07, 6.45) is -0.746. The summed E-state index contributed by atoms with van der Waals surface area (Å²) in [4.78, 5) is 10.2. The number of aliphatic imine (C=N–C) groups is 1. The summed E-state index contributed by atoms with van der Waals surface area (Å²) in [6, 6.07) is 5.03. The predicted molar refractivity (Wildman–Crippen MR) is 106 cm³/mol. The maximum atomic E-state index is 10.3. The molecule has 0 spiro atoms. The first-order chi connectivity index (χ1) is 11.9. The Kier molecular flexibility index (Phi) is 7.50. The minimum absolute atomic E-state index is 0.290. The first-order valence-electron chi connectivity index (χ1n) is 7.98. The second-order valence-corrected chi connectivity index (χ2v) is 7.70. The Morgan fingerprint density at radius 1 is 1.24 bits per heavy atom. The Morgan fingerprint density at radius 3 is 2.48 bits per heavy atom. The smallest absolute Gasteiger partial charge is 0.191 e.